The lowest BCUT2D eigenvalue weighted by Gasteiger charge is -2.19. The monoisotopic (exact) mass is 455 g/mol. The molecule has 1 atom stereocenters. The van der Waals surface area contributed by atoms with Gasteiger partial charge < -0.3 is 19.5 Å². The molecule has 8 heteroatoms. The highest BCUT2D eigenvalue weighted by Crippen LogP contribution is 2.29. The number of ether oxygens (including phenoxy) is 3. The summed E-state index contributed by atoms with van der Waals surface area (Å²) in [6.07, 6.45) is 0.563. The summed E-state index contributed by atoms with van der Waals surface area (Å²) < 4.78 is 39.3. The van der Waals surface area contributed by atoms with Gasteiger partial charge in [0.15, 0.2) is 18.1 Å². The van der Waals surface area contributed by atoms with Crippen molar-refractivity contribution in [2.24, 2.45) is 0 Å². The first-order valence-corrected chi connectivity index (χ1v) is 10.1. The zero-order valence-corrected chi connectivity index (χ0v) is 17.9. The summed E-state index contributed by atoms with van der Waals surface area (Å²) in [5.41, 5.74) is 1.99. The van der Waals surface area contributed by atoms with Crippen LogP contribution < -0.4 is 14.8 Å². The Morgan fingerprint density at radius 2 is 1.58 bits per heavy atom. The Kier molecular flexibility index (Phi) is 8.35. The minimum absolute atomic E-state index is 0.0326. The van der Waals surface area contributed by atoms with Gasteiger partial charge >= 0.3 is 12.6 Å². The van der Waals surface area contributed by atoms with Crippen LogP contribution in [0, 0.1) is 0 Å². The fourth-order valence-corrected chi connectivity index (χ4v) is 3.23. The van der Waals surface area contributed by atoms with Gasteiger partial charge in [0.05, 0.1) is 18.7 Å². The van der Waals surface area contributed by atoms with Crippen molar-refractivity contribution in [1.29, 1.82) is 0 Å². The predicted molar refractivity (Wildman–Crippen MR) is 117 cm³/mol. The molecule has 1 N–H and O–H groups in total. The van der Waals surface area contributed by atoms with Crippen LogP contribution in [0.2, 0.25) is 0 Å². The lowest BCUT2D eigenvalue weighted by atomic mass is 9.99. The summed E-state index contributed by atoms with van der Waals surface area (Å²) in [5.74, 6) is -1.54. The lowest BCUT2D eigenvalue weighted by Crippen LogP contribution is -2.33. The maximum atomic E-state index is 12.5. The molecule has 0 saturated heterocycles. The van der Waals surface area contributed by atoms with E-state index in [9.17, 15) is 18.4 Å². The third kappa shape index (κ3) is 7.03. The summed E-state index contributed by atoms with van der Waals surface area (Å²) >= 11 is 0. The molecule has 1 unspecified atom stereocenters. The Bertz CT molecular complexity index is 1060. The zero-order valence-electron chi connectivity index (χ0n) is 17.9. The minimum Gasteiger partial charge on any atom is -0.493 e. The average Bonchev–Trinajstić information content (AvgIpc) is 2.83. The molecule has 0 bridgehead atoms. The van der Waals surface area contributed by atoms with Crippen molar-refractivity contribution in [3.05, 3.63) is 95.6 Å². The molecule has 0 spiro atoms. The van der Waals surface area contributed by atoms with Crippen molar-refractivity contribution in [3.8, 4) is 11.5 Å². The molecule has 3 aromatic rings. The smallest absolute Gasteiger partial charge is 0.387 e. The van der Waals surface area contributed by atoms with Crippen LogP contribution in [0.15, 0.2) is 78.9 Å². The van der Waals surface area contributed by atoms with Crippen LogP contribution >= 0.6 is 0 Å². The van der Waals surface area contributed by atoms with E-state index < -0.39 is 25.1 Å². The topological polar surface area (TPSA) is 73.9 Å². The third-order valence-corrected chi connectivity index (χ3v) is 4.77. The molecule has 0 aliphatic rings. The molecule has 0 saturated carbocycles. The van der Waals surface area contributed by atoms with Gasteiger partial charge in [0, 0.05) is 0 Å². The molecule has 0 aliphatic heterocycles. The van der Waals surface area contributed by atoms with Gasteiger partial charge in [-0.15, -0.1) is 0 Å². The van der Waals surface area contributed by atoms with Gasteiger partial charge in [-0.1, -0.05) is 60.7 Å². The zero-order chi connectivity index (χ0) is 23.6. The highest BCUT2D eigenvalue weighted by molar-refractivity contribution is 5.92. The number of benzene rings is 3. The predicted octanol–water partition coefficient (Wildman–Crippen LogP) is 4.55. The average molecular weight is 455 g/mol. The minimum atomic E-state index is -3.03. The number of carbonyl (C=O) groups excluding carboxylic acids is 2. The number of methoxy groups -OCH3 is 1. The molecule has 1 amide bonds. The molecule has 3 rings (SSSR count). The lowest BCUT2D eigenvalue weighted by molar-refractivity contribution is -0.125. The first-order chi connectivity index (χ1) is 16.0. The summed E-state index contributed by atoms with van der Waals surface area (Å²) in [7, 11) is 1.26. The molecule has 0 aliphatic carbocycles. The van der Waals surface area contributed by atoms with Crippen LogP contribution in [0.4, 0.5) is 8.78 Å². The van der Waals surface area contributed by atoms with Crippen molar-refractivity contribution in [3.63, 3.8) is 0 Å². The Morgan fingerprint density at radius 1 is 0.909 bits per heavy atom. The number of hydrogen-bond acceptors (Lipinski definition) is 5. The molecule has 0 fully saturated rings. The van der Waals surface area contributed by atoms with E-state index in [1.807, 2.05) is 60.7 Å². The van der Waals surface area contributed by atoms with Crippen LogP contribution in [0.25, 0.3) is 0 Å². The number of esters is 1. The van der Waals surface area contributed by atoms with Gasteiger partial charge in [-0.3, -0.25) is 4.79 Å². The van der Waals surface area contributed by atoms with Crippen LogP contribution in [-0.4, -0.2) is 32.2 Å². The largest absolute Gasteiger partial charge is 0.493 e. The summed E-state index contributed by atoms with van der Waals surface area (Å²) in [6.45, 7) is -3.54. The van der Waals surface area contributed by atoms with Crippen molar-refractivity contribution < 1.29 is 32.6 Å². The molecule has 0 radical (unpaired) electrons. The van der Waals surface area contributed by atoms with E-state index in [4.69, 9.17) is 9.47 Å². The standard InChI is InChI=1S/C25H23F2NO5/c1-31-22-15-19(12-13-21(22)33-25(26)27)24(30)32-16-23(29)28-20(18-10-6-3-7-11-18)14-17-8-4-2-5-9-17/h2-13,15,20,25H,14,16H2,1H3,(H,28,29). The first kappa shape index (κ1) is 23.7. The van der Waals surface area contributed by atoms with Crippen LogP contribution in [0.1, 0.15) is 27.5 Å². The number of rotatable bonds is 10. The van der Waals surface area contributed by atoms with Crippen LogP contribution in [-0.2, 0) is 16.0 Å². The summed E-state index contributed by atoms with van der Waals surface area (Å²) in [4.78, 5) is 24.9. The van der Waals surface area contributed by atoms with E-state index in [1.165, 1.54) is 25.3 Å². The van der Waals surface area contributed by atoms with Gasteiger partial charge in [-0.05, 0) is 35.7 Å². The second-order valence-electron chi connectivity index (χ2n) is 7.04. The van der Waals surface area contributed by atoms with Crippen molar-refractivity contribution in [1.82, 2.24) is 5.32 Å². The highest BCUT2D eigenvalue weighted by Gasteiger charge is 2.19. The third-order valence-electron chi connectivity index (χ3n) is 4.77. The van der Waals surface area contributed by atoms with Gasteiger partial charge in [-0.2, -0.15) is 8.78 Å². The van der Waals surface area contributed by atoms with E-state index in [1.54, 1.807) is 0 Å². The molecular weight excluding hydrogens is 432 g/mol. The maximum absolute atomic E-state index is 12.5. The number of nitrogens with one attached hydrogen (secondary N) is 1. The molecule has 6 nitrogen and oxygen atoms in total. The molecule has 3 aromatic carbocycles. The second-order valence-corrected chi connectivity index (χ2v) is 7.04. The van der Waals surface area contributed by atoms with Gasteiger partial charge in [-0.25, -0.2) is 4.79 Å². The fraction of sp³-hybridized carbons (Fsp3) is 0.200. The Labute approximate surface area is 190 Å². The summed E-state index contributed by atoms with van der Waals surface area (Å²) in [6, 6.07) is 22.5. The van der Waals surface area contributed by atoms with E-state index in [0.29, 0.717) is 6.42 Å². The highest BCUT2D eigenvalue weighted by atomic mass is 19.3. The number of halogens is 2. The second kappa shape index (κ2) is 11.6. The van der Waals surface area contributed by atoms with E-state index in [-0.39, 0.29) is 23.1 Å². The quantitative estimate of drug-likeness (QED) is 0.454. The number of amides is 1. The SMILES string of the molecule is COc1cc(C(=O)OCC(=O)NC(Cc2ccccc2)c2ccccc2)ccc1OC(F)F. The summed E-state index contributed by atoms with van der Waals surface area (Å²) in [5, 5.41) is 2.90. The maximum Gasteiger partial charge on any atom is 0.387 e. The van der Waals surface area contributed by atoms with Gasteiger partial charge in [0.25, 0.3) is 5.91 Å². The Morgan fingerprint density at radius 3 is 2.21 bits per heavy atom. The van der Waals surface area contributed by atoms with Crippen molar-refractivity contribution in [2.75, 3.05) is 13.7 Å². The van der Waals surface area contributed by atoms with Gasteiger partial charge in [0.1, 0.15) is 0 Å². The molecule has 172 valence electrons. The number of carbonyl (C=O) groups is 2. The van der Waals surface area contributed by atoms with E-state index >= 15 is 0 Å². The molecule has 0 aromatic heterocycles. The Hall–Kier alpha value is -3.94. The van der Waals surface area contributed by atoms with Crippen LogP contribution in [0.3, 0.4) is 0 Å². The van der Waals surface area contributed by atoms with Crippen molar-refractivity contribution in [2.45, 2.75) is 19.1 Å². The van der Waals surface area contributed by atoms with E-state index in [2.05, 4.69) is 10.1 Å². The van der Waals surface area contributed by atoms with Crippen molar-refractivity contribution >= 4 is 11.9 Å². The fourth-order valence-electron chi connectivity index (χ4n) is 3.23. The first-order valence-electron chi connectivity index (χ1n) is 10.1. The molecule has 0 heterocycles. The normalized spacial score (nSPS) is 11.5. The van der Waals surface area contributed by atoms with Gasteiger partial charge in [0.2, 0.25) is 0 Å². The molecular formula is C25H23F2NO5. The Balaban J connectivity index is 1.63. The van der Waals surface area contributed by atoms with E-state index in [0.717, 1.165) is 11.1 Å². The molecule has 33 heavy (non-hydrogen) atoms. The number of hydrogen-bond donors (Lipinski definition) is 1. The van der Waals surface area contributed by atoms with Crippen LogP contribution in [0.5, 0.6) is 11.5 Å². The number of alkyl halides is 2.